The van der Waals surface area contributed by atoms with Crippen LogP contribution in [0.4, 0.5) is 18.0 Å². The minimum atomic E-state index is -5.08. The molecule has 0 atom stereocenters. The van der Waals surface area contributed by atoms with Gasteiger partial charge in [-0.1, -0.05) is 0 Å². The molecule has 35 heavy (non-hydrogen) atoms. The average Bonchev–Trinajstić information content (AvgIpc) is 3.40. The lowest BCUT2D eigenvalue weighted by atomic mass is 9.83. The van der Waals surface area contributed by atoms with Gasteiger partial charge in [-0.2, -0.15) is 18.3 Å². The van der Waals surface area contributed by atoms with Crippen molar-refractivity contribution in [2.45, 2.75) is 38.0 Å². The molecule has 0 saturated carbocycles. The second-order valence-electron chi connectivity index (χ2n) is 8.69. The van der Waals surface area contributed by atoms with E-state index in [4.69, 9.17) is 14.9 Å². The van der Waals surface area contributed by atoms with Gasteiger partial charge in [0.15, 0.2) is 0 Å². The monoisotopic (exact) mass is 499 g/mol. The van der Waals surface area contributed by atoms with Crippen molar-refractivity contribution in [1.82, 2.24) is 34.0 Å². The summed E-state index contributed by atoms with van der Waals surface area (Å²) in [6.07, 6.45) is 2.00. The summed E-state index contributed by atoms with van der Waals surface area (Å²) in [4.78, 5) is 43.9. The second kappa shape index (κ2) is 9.58. The first-order valence-electron chi connectivity index (χ1n) is 10.9. The number of imidazole rings is 1. The molecule has 11 nitrogen and oxygen atoms in total. The van der Waals surface area contributed by atoms with Gasteiger partial charge in [-0.15, -0.1) is 0 Å². The minimum Gasteiger partial charge on any atom is -0.475 e. The summed E-state index contributed by atoms with van der Waals surface area (Å²) in [5, 5.41) is 11.4. The lowest BCUT2D eigenvalue weighted by Gasteiger charge is -2.50. The predicted molar refractivity (Wildman–Crippen MR) is 117 cm³/mol. The van der Waals surface area contributed by atoms with E-state index in [0.29, 0.717) is 39.0 Å². The Balaban J connectivity index is 0.000000429. The van der Waals surface area contributed by atoms with Crippen LogP contribution in [0.1, 0.15) is 25.6 Å². The van der Waals surface area contributed by atoms with Crippen molar-refractivity contribution in [1.29, 1.82) is 0 Å². The largest absolute Gasteiger partial charge is 0.490 e. The number of fused-ring (bicyclic) bond motifs is 2. The molecule has 2 aliphatic heterocycles. The van der Waals surface area contributed by atoms with Crippen molar-refractivity contribution < 1.29 is 32.7 Å². The third kappa shape index (κ3) is 5.10. The third-order valence-corrected chi connectivity index (χ3v) is 6.20. The van der Waals surface area contributed by atoms with Crippen LogP contribution in [-0.2, 0) is 28.7 Å². The van der Waals surface area contributed by atoms with Crippen LogP contribution in [0.15, 0.2) is 18.6 Å². The van der Waals surface area contributed by atoms with E-state index in [1.54, 1.807) is 30.6 Å². The summed E-state index contributed by atoms with van der Waals surface area (Å²) in [5.41, 5.74) is 1.58. The number of aliphatic carboxylic acids is 1. The Morgan fingerprint density at radius 1 is 1.09 bits per heavy atom. The average molecular weight is 499 g/mol. The Morgan fingerprint density at radius 3 is 2.14 bits per heavy atom. The summed E-state index contributed by atoms with van der Waals surface area (Å²) in [6.45, 7) is 4.19. The van der Waals surface area contributed by atoms with E-state index in [1.807, 2.05) is 35.4 Å². The molecule has 4 heterocycles. The van der Waals surface area contributed by atoms with Crippen LogP contribution in [0, 0.1) is 0 Å². The number of piperidine rings is 1. The first-order valence-corrected chi connectivity index (χ1v) is 10.9. The SMILES string of the molecule is CC(=O)N1CCn2c(-c3cnn(C)c3)cnc2C12CCN(C(=O)N(C)C)CC2.O=C(O)C(F)(F)F. The van der Waals surface area contributed by atoms with E-state index in [0.717, 1.165) is 17.1 Å². The van der Waals surface area contributed by atoms with Gasteiger partial charge in [0, 0.05) is 66.0 Å². The van der Waals surface area contributed by atoms with Gasteiger partial charge in [0.25, 0.3) is 0 Å². The van der Waals surface area contributed by atoms with Gasteiger partial charge in [-0.25, -0.2) is 14.6 Å². The molecule has 1 saturated heterocycles. The van der Waals surface area contributed by atoms with Crippen molar-refractivity contribution >= 4 is 17.9 Å². The van der Waals surface area contributed by atoms with Gasteiger partial charge in [0.05, 0.1) is 18.1 Å². The van der Waals surface area contributed by atoms with Gasteiger partial charge >= 0.3 is 18.2 Å². The minimum absolute atomic E-state index is 0.0134. The van der Waals surface area contributed by atoms with Crippen LogP contribution in [0.3, 0.4) is 0 Å². The normalized spacial score (nSPS) is 16.9. The smallest absolute Gasteiger partial charge is 0.475 e. The molecule has 2 aromatic heterocycles. The van der Waals surface area contributed by atoms with Crippen LogP contribution < -0.4 is 0 Å². The summed E-state index contributed by atoms with van der Waals surface area (Å²) in [5.74, 6) is -1.78. The van der Waals surface area contributed by atoms with Gasteiger partial charge in [-0.3, -0.25) is 9.48 Å². The summed E-state index contributed by atoms with van der Waals surface area (Å²) >= 11 is 0. The lowest BCUT2D eigenvalue weighted by molar-refractivity contribution is -0.192. The highest BCUT2D eigenvalue weighted by Crippen LogP contribution is 2.42. The van der Waals surface area contributed by atoms with Crippen molar-refractivity contribution in [2.24, 2.45) is 7.05 Å². The second-order valence-corrected chi connectivity index (χ2v) is 8.69. The number of rotatable bonds is 1. The molecule has 3 amide bonds. The summed E-state index contributed by atoms with van der Waals surface area (Å²) in [7, 11) is 5.43. The number of carbonyl (C=O) groups excluding carboxylic acids is 2. The molecule has 0 unspecified atom stereocenters. The molecule has 0 radical (unpaired) electrons. The number of aryl methyl sites for hydroxylation is 1. The van der Waals surface area contributed by atoms with Gasteiger partial charge in [-0.05, 0) is 12.8 Å². The predicted octanol–water partition coefficient (Wildman–Crippen LogP) is 1.75. The standard InChI is InChI=1S/C19H27N7O2.C2HF3O2/c1-14(27)26-10-9-25-16(15-11-21-23(4)13-15)12-20-17(25)19(26)5-7-24(8-6-19)18(28)22(2)3;3-2(4,5)1(6)7/h11-13H,5-10H2,1-4H3;(H,6,7). The van der Waals surface area contributed by atoms with E-state index in [9.17, 15) is 22.8 Å². The van der Waals surface area contributed by atoms with E-state index in [1.165, 1.54) is 0 Å². The number of carbonyl (C=O) groups is 3. The zero-order valence-electron chi connectivity index (χ0n) is 19.9. The number of likely N-dealkylation sites (tertiary alicyclic amines) is 1. The van der Waals surface area contributed by atoms with Crippen LogP contribution in [0.5, 0.6) is 0 Å². The Hall–Kier alpha value is -3.58. The number of alkyl halides is 3. The number of nitrogens with zero attached hydrogens (tertiary/aromatic N) is 7. The maximum absolute atomic E-state index is 12.5. The first-order chi connectivity index (χ1) is 16.3. The van der Waals surface area contributed by atoms with E-state index < -0.39 is 17.7 Å². The van der Waals surface area contributed by atoms with Crippen LogP contribution in [0.2, 0.25) is 0 Å². The fraction of sp³-hybridized carbons (Fsp3) is 0.571. The fourth-order valence-corrected chi connectivity index (χ4v) is 4.60. The number of urea groups is 1. The molecule has 1 fully saturated rings. The zero-order valence-corrected chi connectivity index (χ0v) is 19.9. The molecule has 1 spiro atoms. The number of amides is 3. The van der Waals surface area contributed by atoms with Gasteiger partial charge in [0.2, 0.25) is 5.91 Å². The number of hydrogen-bond acceptors (Lipinski definition) is 5. The van der Waals surface area contributed by atoms with E-state index >= 15 is 0 Å². The Morgan fingerprint density at radius 2 is 1.69 bits per heavy atom. The van der Waals surface area contributed by atoms with Crippen molar-refractivity contribution in [3.63, 3.8) is 0 Å². The Kier molecular flexibility index (Phi) is 7.13. The van der Waals surface area contributed by atoms with Gasteiger partial charge < -0.3 is 24.4 Å². The number of carboxylic acids is 1. The molecular formula is C21H28F3N7O4. The molecule has 0 aliphatic carbocycles. The van der Waals surface area contributed by atoms with E-state index in [-0.39, 0.29) is 11.9 Å². The van der Waals surface area contributed by atoms with Gasteiger partial charge in [0.1, 0.15) is 11.4 Å². The maximum Gasteiger partial charge on any atom is 0.490 e. The number of carboxylic acid groups (broad SMARTS) is 1. The quantitative estimate of drug-likeness (QED) is 0.639. The van der Waals surface area contributed by atoms with Crippen LogP contribution >= 0.6 is 0 Å². The zero-order chi connectivity index (χ0) is 26.1. The highest BCUT2D eigenvalue weighted by atomic mass is 19.4. The van der Waals surface area contributed by atoms with Crippen molar-refractivity contribution in [2.75, 3.05) is 33.7 Å². The fourth-order valence-electron chi connectivity index (χ4n) is 4.60. The molecule has 192 valence electrons. The van der Waals surface area contributed by atoms with E-state index in [2.05, 4.69) is 9.67 Å². The third-order valence-electron chi connectivity index (χ3n) is 6.20. The molecule has 0 bridgehead atoms. The molecule has 4 rings (SSSR count). The van der Waals surface area contributed by atoms with Crippen molar-refractivity contribution in [3.05, 3.63) is 24.4 Å². The van der Waals surface area contributed by atoms with Crippen molar-refractivity contribution in [3.8, 4) is 11.3 Å². The summed E-state index contributed by atoms with van der Waals surface area (Å²) < 4.78 is 35.7. The molecule has 14 heteroatoms. The lowest BCUT2D eigenvalue weighted by Crippen LogP contribution is -2.60. The number of hydrogen-bond donors (Lipinski definition) is 1. The maximum atomic E-state index is 12.5. The Bertz CT molecular complexity index is 1100. The molecule has 2 aromatic rings. The van der Waals surface area contributed by atoms with Crippen LogP contribution in [-0.4, -0.2) is 97.0 Å². The topological polar surface area (TPSA) is 117 Å². The molecule has 2 aliphatic rings. The summed E-state index contributed by atoms with van der Waals surface area (Å²) in [6, 6.07) is 0.0134. The first kappa shape index (κ1) is 26.0. The highest BCUT2D eigenvalue weighted by Gasteiger charge is 2.49. The molecular weight excluding hydrogens is 471 g/mol. The van der Waals surface area contributed by atoms with Crippen LogP contribution in [0.25, 0.3) is 11.3 Å². The Labute approximate surface area is 199 Å². The number of halogens is 3. The highest BCUT2D eigenvalue weighted by molar-refractivity contribution is 5.76. The molecule has 1 N–H and O–H groups in total. The molecule has 0 aromatic carbocycles. The number of aromatic nitrogens is 4.